The number of hydrogen-bond donors (Lipinski definition) is 1. The van der Waals surface area contributed by atoms with Gasteiger partial charge in [0.05, 0.1) is 13.5 Å². The van der Waals surface area contributed by atoms with E-state index in [0.29, 0.717) is 23.3 Å². The first-order valence-electron chi connectivity index (χ1n) is 5.38. The highest BCUT2D eigenvalue weighted by molar-refractivity contribution is 6.29. The molecule has 0 aliphatic carbocycles. The second kappa shape index (κ2) is 6.39. The molecular weight excluding hydrogens is 242 g/mol. The van der Waals surface area contributed by atoms with Crippen LogP contribution in [-0.4, -0.2) is 29.6 Å². The van der Waals surface area contributed by atoms with Crippen molar-refractivity contribution in [1.82, 2.24) is 9.97 Å². The molecule has 0 bridgehead atoms. The molecule has 0 atom stereocenters. The lowest BCUT2D eigenvalue weighted by atomic mass is 10.2. The highest BCUT2D eigenvalue weighted by atomic mass is 35.5. The van der Waals surface area contributed by atoms with Crippen molar-refractivity contribution in [2.45, 2.75) is 26.2 Å². The average Bonchev–Trinajstić information content (AvgIpc) is 2.28. The van der Waals surface area contributed by atoms with Crippen LogP contribution in [0.1, 0.15) is 32.0 Å². The van der Waals surface area contributed by atoms with E-state index in [-0.39, 0.29) is 18.3 Å². The van der Waals surface area contributed by atoms with Crippen LogP contribution in [0.3, 0.4) is 0 Å². The Balaban J connectivity index is 2.62. The Morgan fingerprint density at radius 1 is 1.53 bits per heavy atom. The van der Waals surface area contributed by atoms with Crippen molar-refractivity contribution in [2.75, 3.05) is 19.0 Å². The van der Waals surface area contributed by atoms with Gasteiger partial charge in [0.1, 0.15) is 16.8 Å². The first kappa shape index (κ1) is 13.7. The zero-order chi connectivity index (χ0) is 12.8. The van der Waals surface area contributed by atoms with E-state index in [2.05, 4.69) is 20.0 Å². The molecule has 0 saturated carbocycles. The minimum Gasteiger partial charge on any atom is -0.469 e. The smallest absolute Gasteiger partial charge is 0.307 e. The Bertz CT molecular complexity index is 396. The molecule has 1 rings (SSSR count). The molecule has 0 amide bonds. The summed E-state index contributed by atoms with van der Waals surface area (Å²) in [5, 5.41) is 3.40. The van der Waals surface area contributed by atoms with Crippen molar-refractivity contribution in [3.63, 3.8) is 0 Å². The van der Waals surface area contributed by atoms with Gasteiger partial charge in [-0.1, -0.05) is 25.4 Å². The van der Waals surface area contributed by atoms with Gasteiger partial charge >= 0.3 is 5.97 Å². The molecule has 5 nitrogen and oxygen atoms in total. The van der Waals surface area contributed by atoms with Crippen LogP contribution in [0.15, 0.2) is 6.07 Å². The second-order valence-electron chi connectivity index (χ2n) is 3.84. The summed E-state index contributed by atoms with van der Waals surface area (Å²) in [7, 11) is 1.36. The lowest BCUT2D eigenvalue weighted by Gasteiger charge is -2.09. The monoisotopic (exact) mass is 257 g/mol. The van der Waals surface area contributed by atoms with Gasteiger partial charge in [-0.3, -0.25) is 4.79 Å². The third-order valence-electron chi connectivity index (χ3n) is 2.09. The van der Waals surface area contributed by atoms with E-state index in [1.54, 1.807) is 6.07 Å². The second-order valence-corrected chi connectivity index (χ2v) is 4.23. The van der Waals surface area contributed by atoms with Crippen LogP contribution >= 0.6 is 11.6 Å². The molecule has 0 spiro atoms. The highest BCUT2D eigenvalue weighted by Crippen LogP contribution is 2.16. The molecule has 0 aliphatic rings. The largest absolute Gasteiger partial charge is 0.469 e. The lowest BCUT2D eigenvalue weighted by molar-refractivity contribution is -0.140. The van der Waals surface area contributed by atoms with E-state index >= 15 is 0 Å². The van der Waals surface area contributed by atoms with Crippen LogP contribution < -0.4 is 5.32 Å². The number of halogens is 1. The maximum absolute atomic E-state index is 10.9. The van der Waals surface area contributed by atoms with Gasteiger partial charge in [-0.05, 0) is 0 Å². The molecule has 0 aromatic carbocycles. The van der Waals surface area contributed by atoms with Crippen LogP contribution in [0.4, 0.5) is 5.82 Å². The zero-order valence-electron chi connectivity index (χ0n) is 10.2. The van der Waals surface area contributed by atoms with Gasteiger partial charge < -0.3 is 10.1 Å². The fourth-order valence-electron chi connectivity index (χ4n) is 1.18. The summed E-state index contributed by atoms with van der Waals surface area (Å²) >= 11 is 5.88. The molecule has 6 heteroatoms. The lowest BCUT2D eigenvalue weighted by Crippen LogP contribution is -2.11. The van der Waals surface area contributed by atoms with Gasteiger partial charge in [0, 0.05) is 18.5 Å². The third kappa shape index (κ3) is 4.56. The van der Waals surface area contributed by atoms with Gasteiger partial charge in [0.25, 0.3) is 0 Å². The molecule has 0 radical (unpaired) electrons. The SMILES string of the molecule is COC(=O)CCNc1cc(Cl)nc(C(C)C)n1. The van der Waals surface area contributed by atoms with Gasteiger partial charge in [-0.25, -0.2) is 9.97 Å². The fourth-order valence-corrected chi connectivity index (χ4v) is 1.37. The molecule has 0 saturated heterocycles. The van der Waals surface area contributed by atoms with Crippen molar-refractivity contribution in [3.8, 4) is 0 Å². The Hall–Kier alpha value is -1.36. The maximum atomic E-state index is 10.9. The minimum absolute atomic E-state index is 0.204. The van der Waals surface area contributed by atoms with Crippen molar-refractivity contribution < 1.29 is 9.53 Å². The molecule has 0 fully saturated rings. The number of rotatable bonds is 5. The predicted octanol–water partition coefficient (Wildman–Crippen LogP) is 2.23. The van der Waals surface area contributed by atoms with Crippen LogP contribution in [0.25, 0.3) is 0 Å². The molecule has 1 aromatic heterocycles. The number of ether oxygens (including phenoxy) is 1. The predicted molar refractivity (Wildman–Crippen MR) is 66.3 cm³/mol. The van der Waals surface area contributed by atoms with Crippen LogP contribution in [0.5, 0.6) is 0 Å². The zero-order valence-corrected chi connectivity index (χ0v) is 10.9. The minimum atomic E-state index is -0.262. The van der Waals surface area contributed by atoms with E-state index in [0.717, 1.165) is 0 Å². The Morgan fingerprint density at radius 3 is 2.82 bits per heavy atom. The third-order valence-corrected chi connectivity index (χ3v) is 2.29. The Morgan fingerprint density at radius 2 is 2.24 bits per heavy atom. The van der Waals surface area contributed by atoms with Gasteiger partial charge in [-0.15, -0.1) is 0 Å². The van der Waals surface area contributed by atoms with E-state index in [1.165, 1.54) is 7.11 Å². The van der Waals surface area contributed by atoms with Gasteiger partial charge in [0.15, 0.2) is 0 Å². The average molecular weight is 258 g/mol. The first-order chi connectivity index (χ1) is 8.02. The van der Waals surface area contributed by atoms with Gasteiger partial charge in [-0.2, -0.15) is 0 Å². The number of nitrogens with one attached hydrogen (secondary N) is 1. The fraction of sp³-hybridized carbons (Fsp3) is 0.545. The molecule has 1 N–H and O–H groups in total. The van der Waals surface area contributed by atoms with E-state index in [1.807, 2.05) is 13.8 Å². The molecule has 94 valence electrons. The standard InChI is InChI=1S/C11H16ClN3O2/c1-7(2)11-14-8(12)6-9(15-11)13-5-4-10(16)17-3/h6-7H,4-5H2,1-3H3,(H,13,14,15). The normalized spacial score (nSPS) is 10.4. The van der Waals surface area contributed by atoms with E-state index in [4.69, 9.17) is 11.6 Å². The molecule has 1 heterocycles. The quantitative estimate of drug-likeness (QED) is 0.647. The summed E-state index contributed by atoms with van der Waals surface area (Å²) < 4.78 is 4.54. The number of aromatic nitrogens is 2. The summed E-state index contributed by atoms with van der Waals surface area (Å²) in [5.74, 6) is 1.24. The number of anilines is 1. The van der Waals surface area contributed by atoms with E-state index in [9.17, 15) is 4.79 Å². The molecule has 1 aromatic rings. The topological polar surface area (TPSA) is 64.1 Å². The number of hydrogen-bond acceptors (Lipinski definition) is 5. The maximum Gasteiger partial charge on any atom is 0.307 e. The number of methoxy groups -OCH3 is 1. The van der Waals surface area contributed by atoms with Crippen molar-refractivity contribution in [1.29, 1.82) is 0 Å². The summed E-state index contributed by atoms with van der Waals surface area (Å²) in [5.41, 5.74) is 0. The van der Waals surface area contributed by atoms with E-state index < -0.39 is 0 Å². The van der Waals surface area contributed by atoms with Gasteiger partial charge in [0.2, 0.25) is 0 Å². The van der Waals surface area contributed by atoms with Crippen molar-refractivity contribution in [2.24, 2.45) is 0 Å². The molecule has 0 aliphatic heterocycles. The Labute approximate surface area is 106 Å². The molecular formula is C11H16ClN3O2. The van der Waals surface area contributed by atoms with Crippen molar-refractivity contribution in [3.05, 3.63) is 17.0 Å². The highest BCUT2D eigenvalue weighted by Gasteiger charge is 2.07. The summed E-state index contributed by atoms with van der Waals surface area (Å²) in [6.45, 7) is 4.44. The van der Waals surface area contributed by atoms with Crippen molar-refractivity contribution >= 4 is 23.4 Å². The van der Waals surface area contributed by atoms with Crippen LogP contribution in [0.2, 0.25) is 5.15 Å². The van der Waals surface area contributed by atoms with Crippen LogP contribution in [-0.2, 0) is 9.53 Å². The summed E-state index contributed by atoms with van der Waals surface area (Å²) in [6, 6.07) is 1.63. The first-order valence-corrected chi connectivity index (χ1v) is 5.76. The molecule has 17 heavy (non-hydrogen) atoms. The molecule has 0 unspecified atom stereocenters. The number of nitrogens with zero attached hydrogens (tertiary/aromatic N) is 2. The van der Waals surface area contributed by atoms with Crippen LogP contribution in [0, 0.1) is 0 Å². The summed E-state index contributed by atoms with van der Waals surface area (Å²) in [4.78, 5) is 19.3. The number of carbonyl (C=O) groups excluding carboxylic acids is 1. The number of carbonyl (C=O) groups is 1. The number of esters is 1. The Kier molecular flexibility index (Phi) is 5.15. The summed E-state index contributed by atoms with van der Waals surface area (Å²) in [6.07, 6.45) is 0.287.